The van der Waals surface area contributed by atoms with E-state index in [2.05, 4.69) is 4.74 Å². The predicted molar refractivity (Wildman–Crippen MR) is 57.6 cm³/mol. The minimum Gasteiger partial charge on any atom is -0.480 e. The van der Waals surface area contributed by atoms with Crippen molar-refractivity contribution in [1.29, 1.82) is 0 Å². The smallest absolute Gasteiger partial charge is 0.422 e. The number of hydrogen-bond acceptors (Lipinski definition) is 5. The second kappa shape index (κ2) is 5.40. The number of nitro groups is 1. The van der Waals surface area contributed by atoms with E-state index in [4.69, 9.17) is 10.7 Å². The summed E-state index contributed by atoms with van der Waals surface area (Å²) in [5, 5.41) is 10.4. The van der Waals surface area contributed by atoms with Crippen molar-refractivity contribution in [2.45, 2.75) is 11.1 Å². The van der Waals surface area contributed by atoms with Crippen molar-refractivity contribution in [2.24, 2.45) is 0 Å². The third-order valence-corrected chi connectivity index (χ3v) is 3.18. The van der Waals surface area contributed by atoms with Crippen molar-refractivity contribution >= 4 is 25.4 Å². The lowest BCUT2D eigenvalue weighted by molar-refractivity contribution is -0.385. The lowest BCUT2D eigenvalue weighted by Gasteiger charge is -2.12. The van der Waals surface area contributed by atoms with Gasteiger partial charge in [-0.1, -0.05) is 0 Å². The Balaban J connectivity index is 3.39. The monoisotopic (exact) mass is 337 g/mol. The first-order valence-electron chi connectivity index (χ1n) is 4.54. The summed E-state index contributed by atoms with van der Waals surface area (Å²) in [4.78, 5) is 8.05. The van der Waals surface area contributed by atoms with Crippen LogP contribution in [0.5, 0.6) is 5.75 Å². The summed E-state index contributed by atoms with van der Waals surface area (Å²) in [7, 11) is 0.140. The number of halogens is 5. The van der Waals surface area contributed by atoms with Crippen LogP contribution in [0.2, 0.25) is 0 Å². The van der Waals surface area contributed by atoms with Crippen LogP contribution in [0.15, 0.2) is 17.0 Å². The Morgan fingerprint density at radius 3 is 2.30 bits per heavy atom. The lowest BCUT2D eigenvalue weighted by Crippen LogP contribution is -2.20. The van der Waals surface area contributed by atoms with Gasteiger partial charge in [-0.15, -0.1) is 0 Å². The Morgan fingerprint density at radius 2 is 1.90 bits per heavy atom. The van der Waals surface area contributed by atoms with Gasteiger partial charge in [0.05, 0.1) is 11.0 Å². The van der Waals surface area contributed by atoms with Gasteiger partial charge in [-0.3, -0.25) is 10.1 Å². The molecule has 0 N–H and O–H groups in total. The van der Waals surface area contributed by atoms with Crippen LogP contribution in [0.25, 0.3) is 0 Å². The fourth-order valence-corrected chi connectivity index (χ4v) is 2.12. The molecular formula is C8H4ClF4NO5S. The summed E-state index contributed by atoms with van der Waals surface area (Å²) in [6.07, 6.45) is -4.86. The molecule has 0 saturated carbocycles. The molecule has 0 aliphatic carbocycles. The van der Waals surface area contributed by atoms with E-state index in [1.807, 2.05) is 0 Å². The van der Waals surface area contributed by atoms with Gasteiger partial charge in [-0.2, -0.15) is 13.2 Å². The van der Waals surface area contributed by atoms with Crippen LogP contribution >= 0.6 is 10.7 Å². The molecule has 0 aromatic heterocycles. The van der Waals surface area contributed by atoms with Gasteiger partial charge in [0, 0.05) is 16.7 Å². The average Bonchev–Trinajstić information content (AvgIpc) is 2.23. The molecule has 0 saturated heterocycles. The normalized spacial score (nSPS) is 12.2. The van der Waals surface area contributed by atoms with Crippen LogP contribution in [0.3, 0.4) is 0 Å². The van der Waals surface area contributed by atoms with Gasteiger partial charge in [-0.05, 0) is 0 Å². The largest absolute Gasteiger partial charge is 0.480 e. The molecule has 0 aliphatic heterocycles. The Morgan fingerprint density at radius 1 is 1.35 bits per heavy atom. The minimum absolute atomic E-state index is 0.220. The molecule has 1 rings (SSSR count). The SMILES string of the molecule is O=[N+]([O-])c1cc(F)c(OCC(F)(F)F)c(S(=O)(=O)Cl)c1. The molecule has 0 amide bonds. The van der Waals surface area contributed by atoms with E-state index in [0.29, 0.717) is 6.07 Å². The third-order valence-electron chi connectivity index (χ3n) is 1.85. The highest BCUT2D eigenvalue weighted by Crippen LogP contribution is 2.34. The molecule has 0 aliphatic rings. The number of alkyl halides is 3. The molecule has 1 aromatic rings. The molecule has 0 spiro atoms. The first-order chi connectivity index (χ1) is 8.92. The van der Waals surface area contributed by atoms with Crippen molar-refractivity contribution in [3.63, 3.8) is 0 Å². The topological polar surface area (TPSA) is 86.5 Å². The highest BCUT2D eigenvalue weighted by atomic mass is 35.7. The van der Waals surface area contributed by atoms with E-state index < -0.39 is 48.9 Å². The van der Waals surface area contributed by atoms with Crippen LogP contribution in [-0.4, -0.2) is 26.1 Å². The molecular weight excluding hydrogens is 334 g/mol. The molecule has 0 fully saturated rings. The van der Waals surface area contributed by atoms with Crippen molar-refractivity contribution in [3.05, 3.63) is 28.1 Å². The highest BCUT2D eigenvalue weighted by Gasteiger charge is 2.32. The quantitative estimate of drug-likeness (QED) is 0.365. The number of nitro benzene ring substituents is 1. The van der Waals surface area contributed by atoms with Gasteiger partial charge < -0.3 is 4.74 Å². The summed E-state index contributed by atoms with van der Waals surface area (Å²) in [6.45, 7) is -1.98. The molecule has 20 heavy (non-hydrogen) atoms. The van der Waals surface area contributed by atoms with Gasteiger partial charge >= 0.3 is 6.18 Å². The van der Waals surface area contributed by atoms with Crippen molar-refractivity contribution < 1.29 is 35.6 Å². The van der Waals surface area contributed by atoms with Crippen molar-refractivity contribution in [1.82, 2.24) is 0 Å². The van der Waals surface area contributed by atoms with E-state index in [0.717, 1.165) is 0 Å². The average molecular weight is 338 g/mol. The van der Waals surface area contributed by atoms with Crippen LogP contribution in [-0.2, 0) is 9.05 Å². The predicted octanol–water partition coefficient (Wildman–Crippen LogP) is 2.60. The number of benzene rings is 1. The number of nitrogens with zero attached hydrogens (tertiary/aromatic N) is 1. The molecule has 6 nitrogen and oxygen atoms in total. The Hall–Kier alpha value is -1.62. The molecule has 12 heteroatoms. The van der Waals surface area contributed by atoms with Crippen LogP contribution in [0.4, 0.5) is 23.2 Å². The fraction of sp³-hybridized carbons (Fsp3) is 0.250. The Labute approximate surface area is 113 Å². The van der Waals surface area contributed by atoms with Gasteiger partial charge in [-0.25, -0.2) is 12.8 Å². The highest BCUT2D eigenvalue weighted by molar-refractivity contribution is 8.13. The molecule has 0 bridgehead atoms. The molecule has 112 valence electrons. The van der Waals surface area contributed by atoms with Crippen molar-refractivity contribution in [3.8, 4) is 5.75 Å². The van der Waals surface area contributed by atoms with Crippen LogP contribution in [0, 0.1) is 15.9 Å². The zero-order chi connectivity index (χ0) is 15.7. The van der Waals surface area contributed by atoms with E-state index in [9.17, 15) is 36.1 Å². The minimum atomic E-state index is -4.86. The van der Waals surface area contributed by atoms with Crippen molar-refractivity contribution in [2.75, 3.05) is 6.61 Å². The number of non-ortho nitro benzene ring substituents is 1. The third kappa shape index (κ3) is 4.20. The van der Waals surface area contributed by atoms with Gasteiger partial charge in [0.15, 0.2) is 18.2 Å². The Bertz CT molecular complexity index is 645. The molecule has 0 radical (unpaired) electrons. The second-order valence-electron chi connectivity index (χ2n) is 3.35. The van der Waals surface area contributed by atoms with E-state index in [-0.39, 0.29) is 6.07 Å². The van der Waals surface area contributed by atoms with E-state index in [1.54, 1.807) is 0 Å². The van der Waals surface area contributed by atoms with E-state index >= 15 is 0 Å². The first-order valence-corrected chi connectivity index (χ1v) is 6.85. The summed E-state index contributed by atoms with van der Waals surface area (Å²) in [5.41, 5.74) is -0.999. The maximum atomic E-state index is 13.5. The maximum Gasteiger partial charge on any atom is 0.422 e. The molecule has 0 heterocycles. The number of hydrogen-bond donors (Lipinski definition) is 0. The van der Waals surface area contributed by atoms with Gasteiger partial charge in [0.25, 0.3) is 14.7 Å². The van der Waals surface area contributed by atoms with Crippen LogP contribution < -0.4 is 4.74 Å². The lowest BCUT2D eigenvalue weighted by atomic mass is 10.3. The fourth-order valence-electron chi connectivity index (χ4n) is 1.14. The molecule has 0 unspecified atom stereocenters. The van der Waals surface area contributed by atoms with Crippen LogP contribution in [0.1, 0.15) is 0 Å². The molecule has 0 atom stereocenters. The molecule has 1 aromatic carbocycles. The second-order valence-corrected chi connectivity index (χ2v) is 5.89. The zero-order valence-electron chi connectivity index (χ0n) is 9.15. The van der Waals surface area contributed by atoms with Gasteiger partial charge in [0.2, 0.25) is 0 Å². The van der Waals surface area contributed by atoms with Gasteiger partial charge in [0.1, 0.15) is 4.90 Å². The number of rotatable bonds is 4. The summed E-state index contributed by atoms with van der Waals surface area (Å²) in [6, 6.07) is 0.522. The standard InChI is InChI=1S/C8H4ClF4NO5S/c9-20(17,18)6-2-4(14(15)16)1-5(10)7(6)19-3-8(11,12)13/h1-2H,3H2. The first kappa shape index (κ1) is 16.4. The zero-order valence-corrected chi connectivity index (χ0v) is 10.7. The maximum absolute atomic E-state index is 13.5. The van der Waals surface area contributed by atoms with E-state index in [1.165, 1.54) is 0 Å². The summed E-state index contributed by atoms with van der Waals surface area (Å²) >= 11 is 0. The summed E-state index contributed by atoms with van der Waals surface area (Å²) < 4.78 is 75.6. The summed E-state index contributed by atoms with van der Waals surface area (Å²) in [5.74, 6) is -2.98. The number of ether oxygens (including phenoxy) is 1. The Kier molecular flexibility index (Phi) is 4.44.